The number of anilines is 2. The zero-order chi connectivity index (χ0) is 22.1. The second-order valence-corrected chi connectivity index (χ2v) is 7.90. The van der Waals surface area contributed by atoms with Gasteiger partial charge in [-0.25, -0.2) is 4.98 Å². The predicted molar refractivity (Wildman–Crippen MR) is 124 cm³/mol. The number of aromatic nitrogens is 3. The number of nitrogens with two attached hydrogens (primary N) is 1. The topological polar surface area (TPSA) is 109 Å². The summed E-state index contributed by atoms with van der Waals surface area (Å²) in [5, 5.41) is 4.37. The van der Waals surface area contributed by atoms with E-state index in [4.69, 9.17) is 10.5 Å². The Morgan fingerprint density at radius 2 is 2.09 bits per heavy atom. The molecule has 0 bridgehead atoms. The molecule has 1 aliphatic rings. The van der Waals surface area contributed by atoms with Crippen LogP contribution >= 0.6 is 0 Å². The number of amides is 1. The summed E-state index contributed by atoms with van der Waals surface area (Å²) in [6.07, 6.45) is 4.19. The average Bonchev–Trinajstić information content (AvgIpc) is 3.45. The minimum Gasteiger partial charge on any atom is -0.495 e. The number of ether oxygens (including phenoxy) is 1. The Balaban J connectivity index is 1.39. The van der Waals surface area contributed by atoms with E-state index < -0.39 is 0 Å². The second kappa shape index (κ2) is 8.32. The van der Waals surface area contributed by atoms with Crippen molar-refractivity contribution < 1.29 is 9.53 Å². The van der Waals surface area contributed by atoms with Crippen LogP contribution in [0.1, 0.15) is 16.8 Å². The van der Waals surface area contributed by atoms with Gasteiger partial charge in [0.1, 0.15) is 17.3 Å². The molecule has 2 aromatic carbocycles. The molecule has 0 radical (unpaired) electrons. The molecule has 1 atom stereocenters. The molecule has 162 valence electrons. The van der Waals surface area contributed by atoms with E-state index in [1.54, 1.807) is 36.5 Å². The van der Waals surface area contributed by atoms with Crippen molar-refractivity contribution >= 4 is 28.3 Å². The van der Waals surface area contributed by atoms with Crippen molar-refractivity contribution in [2.45, 2.75) is 12.5 Å². The van der Waals surface area contributed by atoms with Crippen LogP contribution in [0.25, 0.3) is 22.3 Å². The third-order valence-electron chi connectivity index (χ3n) is 5.66. The summed E-state index contributed by atoms with van der Waals surface area (Å²) in [6, 6.07) is 15.5. The van der Waals surface area contributed by atoms with Crippen molar-refractivity contribution in [3.63, 3.8) is 0 Å². The molecule has 1 saturated heterocycles. The summed E-state index contributed by atoms with van der Waals surface area (Å²) >= 11 is 0. The fourth-order valence-electron chi connectivity index (χ4n) is 3.99. The van der Waals surface area contributed by atoms with E-state index in [1.807, 2.05) is 30.3 Å². The Kier molecular flexibility index (Phi) is 5.20. The zero-order valence-corrected chi connectivity index (χ0v) is 17.7. The fourth-order valence-corrected chi connectivity index (χ4v) is 3.99. The normalized spacial score (nSPS) is 15.8. The third kappa shape index (κ3) is 3.88. The first-order valence-electron chi connectivity index (χ1n) is 10.5. The number of nitrogens with one attached hydrogen (secondary N) is 2. The van der Waals surface area contributed by atoms with Crippen molar-refractivity contribution in [3.8, 4) is 17.1 Å². The van der Waals surface area contributed by atoms with Crippen LogP contribution in [0.15, 0.2) is 60.9 Å². The van der Waals surface area contributed by atoms with Gasteiger partial charge in [0.15, 0.2) is 0 Å². The molecule has 0 aliphatic carbocycles. The van der Waals surface area contributed by atoms with Crippen molar-refractivity contribution in [2.24, 2.45) is 5.73 Å². The predicted octanol–water partition coefficient (Wildman–Crippen LogP) is 3.55. The standard InChI is InChI=1S/C24H24N6O2/c1-32-22-11-16(24(31)30-9-8-17(25)14-30)6-7-19(22)28-23-13-26-12-21(29-23)20-10-15-4-2-3-5-18(15)27-20/h2-7,10-13,17,27H,8-9,14,25H2,1H3,(H,28,29)/t17-/m1/s1. The summed E-state index contributed by atoms with van der Waals surface area (Å²) in [4.78, 5) is 26.9. The van der Waals surface area contributed by atoms with Crippen LogP contribution in [0.4, 0.5) is 11.5 Å². The van der Waals surface area contributed by atoms with Gasteiger partial charge in [-0.2, -0.15) is 0 Å². The van der Waals surface area contributed by atoms with Gasteiger partial charge in [-0.15, -0.1) is 0 Å². The molecule has 8 nitrogen and oxygen atoms in total. The van der Waals surface area contributed by atoms with E-state index in [-0.39, 0.29) is 11.9 Å². The maximum Gasteiger partial charge on any atom is 0.254 e. The highest BCUT2D eigenvalue weighted by atomic mass is 16.5. The lowest BCUT2D eigenvalue weighted by molar-refractivity contribution is 0.0790. The number of hydrogen-bond acceptors (Lipinski definition) is 6. The number of nitrogens with zero attached hydrogens (tertiary/aromatic N) is 3. The second-order valence-electron chi connectivity index (χ2n) is 7.90. The Hall–Kier alpha value is -3.91. The highest BCUT2D eigenvalue weighted by molar-refractivity contribution is 5.95. The minimum absolute atomic E-state index is 0.0385. The molecule has 2 aromatic heterocycles. The monoisotopic (exact) mass is 428 g/mol. The molecule has 32 heavy (non-hydrogen) atoms. The van der Waals surface area contributed by atoms with E-state index in [0.29, 0.717) is 35.9 Å². The van der Waals surface area contributed by atoms with E-state index in [9.17, 15) is 4.79 Å². The molecule has 8 heteroatoms. The maximum atomic E-state index is 12.8. The molecule has 1 amide bonds. The number of para-hydroxylation sites is 1. The van der Waals surface area contributed by atoms with E-state index in [0.717, 1.165) is 28.7 Å². The fraction of sp³-hybridized carbons (Fsp3) is 0.208. The van der Waals surface area contributed by atoms with Crippen LogP contribution in [0.2, 0.25) is 0 Å². The summed E-state index contributed by atoms with van der Waals surface area (Å²) in [6.45, 7) is 1.26. The van der Waals surface area contributed by atoms with Crippen molar-refractivity contribution in [2.75, 3.05) is 25.5 Å². The van der Waals surface area contributed by atoms with Crippen LogP contribution in [-0.2, 0) is 0 Å². The number of carbonyl (C=O) groups is 1. The molecule has 1 fully saturated rings. The van der Waals surface area contributed by atoms with Crippen LogP contribution in [-0.4, -0.2) is 52.0 Å². The van der Waals surface area contributed by atoms with Crippen LogP contribution in [0.3, 0.4) is 0 Å². The van der Waals surface area contributed by atoms with Gasteiger partial charge in [0.2, 0.25) is 0 Å². The Labute approximate surface area is 185 Å². The zero-order valence-electron chi connectivity index (χ0n) is 17.7. The van der Waals surface area contributed by atoms with Gasteiger partial charge in [0, 0.05) is 35.6 Å². The van der Waals surface area contributed by atoms with Crippen molar-refractivity contribution in [3.05, 3.63) is 66.5 Å². The van der Waals surface area contributed by atoms with Crippen LogP contribution in [0, 0.1) is 0 Å². The first kappa shape index (κ1) is 20.0. The first-order valence-corrected chi connectivity index (χ1v) is 10.5. The van der Waals surface area contributed by atoms with Gasteiger partial charge in [-0.05, 0) is 36.8 Å². The van der Waals surface area contributed by atoms with Gasteiger partial charge in [0.25, 0.3) is 5.91 Å². The molecule has 0 spiro atoms. The Morgan fingerprint density at radius 3 is 2.88 bits per heavy atom. The maximum absolute atomic E-state index is 12.8. The summed E-state index contributed by atoms with van der Waals surface area (Å²) in [5.41, 5.74) is 9.87. The molecule has 3 heterocycles. The van der Waals surface area contributed by atoms with Gasteiger partial charge < -0.3 is 25.7 Å². The lowest BCUT2D eigenvalue weighted by atomic mass is 10.1. The Bertz CT molecular complexity index is 1250. The average molecular weight is 428 g/mol. The molecule has 0 unspecified atom stereocenters. The number of H-pyrrole nitrogens is 1. The van der Waals surface area contributed by atoms with Gasteiger partial charge in [-0.1, -0.05) is 18.2 Å². The number of methoxy groups -OCH3 is 1. The number of carbonyl (C=O) groups excluding carboxylic acids is 1. The van der Waals surface area contributed by atoms with Gasteiger partial charge in [-0.3, -0.25) is 9.78 Å². The number of fused-ring (bicyclic) bond motifs is 1. The SMILES string of the molecule is COc1cc(C(=O)N2CC[C@@H](N)C2)ccc1Nc1cncc(-c2cc3ccccc3[nH]2)n1. The molecule has 5 rings (SSSR count). The third-order valence-corrected chi connectivity index (χ3v) is 5.66. The van der Waals surface area contributed by atoms with Crippen molar-refractivity contribution in [1.82, 2.24) is 19.9 Å². The minimum atomic E-state index is -0.0385. The number of rotatable bonds is 5. The van der Waals surface area contributed by atoms with E-state index in [2.05, 4.69) is 26.3 Å². The molecular weight excluding hydrogens is 404 g/mol. The van der Waals surface area contributed by atoms with E-state index >= 15 is 0 Å². The molecule has 0 saturated carbocycles. The number of aromatic amines is 1. The number of likely N-dealkylation sites (tertiary alicyclic amines) is 1. The smallest absolute Gasteiger partial charge is 0.254 e. The quantitative estimate of drug-likeness (QED) is 0.449. The van der Waals surface area contributed by atoms with Crippen molar-refractivity contribution in [1.29, 1.82) is 0 Å². The van der Waals surface area contributed by atoms with E-state index in [1.165, 1.54) is 0 Å². The highest BCUT2D eigenvalue weighted by Crippen LogP contribution is 2.30. The lowest BCUT2D eigenvalue weighted by Crippen LogP contribution is -2.31. The largest absolute Gasteiger partial charge is 0.495 e. The summed E-state index contributed by atoms with van der Waals surface area (Å²) in [7, 11) is 1.58. The highest BCUT2D eigenvalue weighted by Gasteiger charge is 2.25. The summed E-state index contributed by atoms with van der Waals surface area (Å²) in [5.74, 6) is 1.09. The van der Waals surface area contributed by atoms with Crippen LogP contribution in [0.5, 0.6) is 5.75 Å². The first-order chi connectivity index (χ1) is 15.6. The molecule has 4 N–H and O–H groups in total. The summed E-state index contributed by atoms with van der Waals surface area (Å²) < 4.78 is 5.53. The lowest BCUT2D eigenvalue weighted by Gasteiger charge is -2.17. The van der Waals surface area contributed by atoms with Gasteiger partial charge in [0.05, 0.1) is 30.9 Å². The van der Waals surface area contributed by atoms with Gasteiger partial charge >= 0.3 is 0 Å². The number of hydrogen-bond donors (Lipinski definition) is 3. The number of benzene rings is 2. The van der Waals surface area contributed by atoms with Crippen LogP contribution < -0.4 is 15.8 Å². The molecule has 4 aromatic rings. The Morgan fingerprint density at radius 1 is 1.22 bits per heavy atom. The molecule has 1 aliphatic heterocycles. The molecular formula is C24H24N6O2.